The number of thiazole rings is 1. The second-order valence-corrected chi connectivity index (χ2v) is 6.22. The Labute approximate surface area is 105 Å². The summed E-state index contributed by atoms with van der Waals surface area (Å²) in [6.07, 6.45) is 4.03. The number of hydrogen-bond donors (Lipinski definition) is 3. The van der Waals surface area contributed by atoms with Crippen molar-refractivity contribution in [2.75, 3.05) is 6.54 Å². The van der Waals surface area contributed by atoms with E-state index < -0.39 is 0 Å². The summed E-state index contributed by atoms with van der Waals surface area (Å²) in [5.74, 6) is 2.25. The molecule has 5 heteroatoms. The highest BCUT2D eigenvalue weighted by Crippen LogP contribution is 2.47. The largest absolute Gasteiger partial charge is 0.327 e. The molecule has 2 aliphatic carbocycles. The molecule has 3 rings (SSSR count). The van der Waals surface area contributed by atoms with Gasteiger partial charge in [0.15, 0.2) is 0 Å². The van der Waals surface area contributed by atoms with E-state index in [1.807, 2.05) is 5.38 Å². The van der Waals surface area contributed by atoms with Gasteiger partial charge in [0, 0.05) is 30.2 Å². The first-order valence-corrected chi connectivity index (χ1v) is 7.25. The Morgan fingerprint density at radius 1 is 1.47 bits per heavy atom. The maximum atomic E-state index is 11.0. The third kappa shape index (κ3) is 2.19. The molecule has 0 radical (unpaired) electrons. The number of aromatic nitrogens is 1. The molecule has 2 saturated carbocycles. The fraction of sp³-hybridized carbons (Fsp3) is 0.750. The highest BCUT2D eigenvalue weighted by molar-refractivity contribution is 7.07. The van der Waals surface area contributed by atoms with Crippen LogP contribution in [0.2, 0.25) is 0 Å². The molecule has 0 aromatic carbocycles. The second-order valence-electron chi connectivity index (χ2n) is 5.38. The summed E-state index contributed by atoms with van der Waals surface area (Å²) >= 11 is 1.22. The Morgan fingerprint density at radius 3 is 2.94 bits per heavy atom. The van der Waals surface area contributed by atoms with Crippen molar-refractivity contribution >= 4 is 11.3 Å². The third-order valence-corrected chi connectivity index (χ3v) is 5.14. The molecule has 2 bridgehead atoms. The number of hydrogen-bond acceptors (Lipinski definition) is 4. The second kappa shape index (κ2) is 4.55. The zero-order valence-electron chi connectivity index (χ0n) is 9.82. The standard InChI is InChI=1S/C12H19N3OS/c13-11-8-2-1-7(3-8)10(11)5-14-4-9-6-17-12(16)15-9/h6-8,10-11,14H,1-5,13H2,(H,15,16). The lowest BCUT2D eigenvalue weighted by Gasteiger charge is -2.28. The molecule has 4 atom stereocenters. The molecule has 2 aliphatic rings. The topological polar surface area (TPSA) is 70.9 Å². The molecule has 0 spiro atoms. The van der Waals surface area contributed by atoms with Crippen LogP contribution in [0, 0.1) is 17.8 Å². The van der Waals surface area contributed by atoms with Gasteiger partial charge in [-0.2, -0.15) is 0 Å². The van der Waals surface area contributed by atoms with E-state index in [9.17, 15) is 4.79 Å². The Hall–Kier alpha value is -0.650. The number of fused-ring (bicyclic) bond motifs is 2. The number of nitrogens with one attached hydrogen (secondary N) is 2. The van der Waals surface area contributed by atoms with E-state index in [-0.39, 0.29) is 4.87 Å². The molecular formula is C12H19N3OS. The molecule has 1 aromatic rings. The van der Waals surface area contributed by atoms with Crippen LogP contribution in [-0.2, 0) is 6.54 Å². The average molecular weight is 253 g/mol. The van der Waals surface area contributed by atoms with Gasteiger partial charge in [0.2, 0.25) is 0 Å². The van der Waals surface area contributed by atoms with Crippen LogP contribution in [0.1, 0.15) is 25.0 Å². The van der Waals surface area contributed by atoms with Crippen LogP contribution < -0.4 is 15.9 Å². The van der Waals surface area contributed by atoms with Gasteiger partial charge in [0.1, 0.15) is 0 Å². The van der Waals surface area contributed by atoms with Gasteiger partial charge in [-0.05, 0) is 37.0 Å². The van der Waals surface area contributed by atoms with E-state index in [0.29, 0.717) is 12.0 Å². The zero-order chi connectivity index (χ0) is 11.8. The van der Waals surface area contributed by atoms with E-state index >= 15 is 0 Å². The average Bonchev–Trinajstić information content (AvgIpc) is 2.97. The number of rotatable bonds is 4. The summed E-state index contributed by atoms with van der Waals surface area (Å²) in [4.78, 5) is 13.8. The van der Waals surface area contributed by atoms with E-state index in [1.54, 1.807) is 0 Å². The monoisotopic (exact) mass is 253 g/mol. The smallest absolute Gasteiger partial charge is 0.304 e. The van der Waals surface area contributed by atoms with Gasteiger partial charge >= 0.3 is 4.87 Å². The SMILES string of the molecule is NC1C2CCC(C2)C1CNCc1csc(=O)[nH]1. The van der Waals surface area contributed by atoms with Crippen molar-refractivity contribution in [1.29, 1.82) is 0 Å². The van der Waals surface area contributed by atoms with E-state index in [2.05, 4.69) is 10.3 Å². The minimum Gasteiger partial charge on any atom is -0.327 e. The van der Waals surface area contributed by atoms with Gasteiger partial charge in [0.05, 0.1) is 0 Å². The quantitative estimate of drug-likeness (QED) is 0.746. The maximum absolute atomic E-state index is 11.0. The summed E-state index contributed by atoms with van der Waals surface area (Å²) in [6, 6.07) is 0.391. The third-order valence-electron chi connectivity index (χ3n) is 4.42. The van der Waals surface area contributed by atoms with E-state index in [0.717, 1.165) is 30.6 Å². The summed E-state index contributed by atoms with van der Waals surface area (Å²) in [5, 5.41) is 5.31. The Morgan fingerprint density at radius 2 is 2.29 bits per heavy atom. The fourth-order valence-electron chi connectivity index (χ4n) is 3.53. The first kappa shape index (κ1) is 11.4. The van der Waals surface area contributed by atoms with Crippen LogP contribution in [0.5, 0.6) is 0 Å². The molecule has 94 valence electrons. The first-order chi connectivity index (χ1) is 8.24. The van der Waals surface area contributed by atoms with Crippen LogP contribution in [-0.4, -0.2) is 17.6 Å². The van der Waals surface area contributed by atoms with E-state index in [4.69, 9.17) is 5.73 Å². The summed E-state index contributed by atoms with van der Waals surface area (Å²) < 4.78 is 0. The summed E-state index contributed by atoms with van der Waals surface area (Å²) in [7, 11) is 0. The van der Waals surface area contributed by atoms with Crippen molar-refractivity contribution in [2.45, 2.75) is 31.8 Å². The van der Waals surface area contributed by atoms with Crippen molar-refractivity contribution in [3.63, 3.8) is 0 Å². The van der Waals surface area contributed by atoms with Crippen LogP contribution in [0.3, 0.4) is 0 Å². The molecule has 4 nitrogen and oxygen atoms in total. The van der Waals surface area contributed by atoms with Crippen molar-refractivity contribution in [3.05, 3.63) is 20.7 Å². The molecule has 1 aromatic heterocycles. The van der Waals surface area contributed by atoms with Crippen LogP contribution in [0.15, 0.2) is 10.2 Å². The van der Waals surface area contributed by atoms with Crippen LogP contribution in [0.25, 0.3) is 0 Å². The number of H-pyrrole nitrogens is 1. The predicted molar refractivity (Wildman–Crippen MR) is 68.9 cm³/mol. The molecule has 0 saturated heterocycles. The normalized spacial score (nSPS) is 35.6. The molecule has 0 aliphatic heterocycles. The Kier molecular flexibility index (Phi) is 3.06. The zero-order valence-corrected chi connectivity index (χ0v) is 10.6. The molecule has 0 amide bonds. The summed E-state index contributed by atoms with van der Waals surface area (Å²) in [5.41, 5.74) is 7.24. The lowest BCUT2D eigenvalue weighted by atomic mass is 9.85. The lowest BCUT2D eigenvalue weighted by Crippen LogP contribution is -2.41. The molecule has 4 N–H and O–H groups in total. The van der Waals surface area contributed by atoms with Crippen LogP contribution in [0.4, 0.5) is 0 Å². The van der Waals surface area contributed by atoms with Gasteiger partial charge in [0.25, 0.3) is 0 Å². The predicted octanol–water partition coefficient (Wildman–Crippen LogP) is 0.899. The minimum atomic E-state index is 0.0263. The van der Waals surface area contributed by atoms with Gasteiger partial charge in [-0.25, -0.2) is 0 Å². The van der Waals surface area contributed by atoms with Crippen molar-refractivity contribution in [1.82, 2.24) is 10.3 Å². The number of nitrogens with two attached hydrogens (primary N) is 1. The van der Waals surface area contributed by atoms with Crippen molar-refractivity contribution in [3.8, 4) is 0 Å². The Bertz CT molecular complexity index is 439. The van der Waals surface area contributed by atoms with Crippen LogP contribution >= 0.6 is 11.3 Å². The lowest BCUT2D eigenvalue weighted by molar-refractivity contribution is 0.278. The fourth-order valence-corrected chi connectivity index (χ4v) is 4.11. The number of aromatic amines is 1. The molecule has 1 heterocycles. The molecule has 17 heavy (non-hydrogen) atoms. The van der Waals surface area contributed by atoms with Crippen molar-refractivity contribution in [2.24, 2.45) is 23.5 Å². The maximum Gasteiger partial charge on any atom is 0.304 e. The van der Waals surface area contributed by atoms with Gasteiger partial charge in [-0.15, -0.1) is 0 Å². The van der Waals surface area contributed by atoms with Gasteiger partial charge in [-0.1, -0.05) is 11.3 Å². The van der Waals surface area contributed by atoms with Crippen molar-refractivity contribution < 1.29 is 0 Å². The van der Waals surface area contributed by atoms with E-state index in [1.165, 1.54) is 30.6 Å². The highest BCUT2D eigenvalue weighted by atomic mass is 32.1. The summed E-state index contributed by atoms with van der Waals surface area (Å²) in [6.45, 7) is 1.74. The van der Waals surface area contributed by atoms with Gasteiger partial charge < -0.3 is 16.0 Å². The minimum absolute atomic E-state index is 0.0263. The molecule has 4 unspecified atom stereocenters. The van der Waals surface area contributed by atoms with Gasteiger partial charge in [-0.3, -0.25) is 4.79 Å². The highest BCUT2D eigenvalue weighted by Gasteiger charge is 2.45. The first-order valence-electron chi connectivity index (χ1n) is 6.37. The Balaban J connectivity index is 1.50. The molecule has 2 fully saturated rings. The molecular weight excluding hydrogens is 234 g/mol.